The van der Waals surface area contributed by atoms with Gasteiger partial charge in [0.05, 0.1) is 18.0 Å². The molecule has 0 aliphatic rings. The Kier molecular flexibility index (Phi) is 8.40. The Morgan fingerprint density at radius 1 is 1.19 bits per heavy atom. The van der Waals surface area contributed by atoms with Crippen molar-refractivity contribution < 1.29 is 18.7 Å². The van der Waals surface area contributed by atoms with Crippen LogP contribution in [0.5, 0.6) is 5.75 Å². The minimum Gasteiger partial charge on any atom is -0.492 e. The van der Waals surface area contributed by atoms with Crippen molar-refractivity contribution in [3.8, 4) is 5.75 Å². The molecule has 0 fully saturated rings. The minimum atomic E-state index is -0.523. The number of nitrogens with zero attached hydrogens (tertiary/aromatic N) is 3. The van der Waals surface area contributed by atoms with Crippen LogP contribution in [0.1, 0.15) is 13.3 Å². The maximum Gasteiger partial charge on any atom is 0.237 e. The van der Waals surface area contributed by atoms with E-state index in [4.69, 9.17) is 10.5 Å². The van der Waals surface area contributed by atoms with Crippen LogP contribution in [0.3, 0.4) is 0 Å². The van der Waals surface area contributed by atoms with Crippen molar-refractivity contribution in [2.45, 2.75) is 17.7 Å². The molecule has 0 spiro atoms. The molecule has 0 saturated carbocycles. The lowest BCUT2D eigenvalue weighted by Gasteiger charge is -2.22. The van der Waals surface area contributed by atoms with Gasteiger partial charge in [-0.2, -0.15) is 0 Å². The molecule has 0 radical (unpaired) electrons. The van der Waals surface area contributed by atoms with E-state index in [9.17, 15) is 14.0 Å². The number of aromatic nitrogens is 2. The van der Waals surface area contributed by atoms with Gasteiger partial charge in [-0.25, -0.2) is 4.39 Å². The molecule has 3 aromatic rings. The molecule has 2 aromatic carbocycles. The van der Waals surface area contributed by atoms with Gasteiger partial charge in [0.25, 0.3) is 0 Å². The lowest BCUT2D eigenvalue weighted by atomic mass is 10.2. The fourth-order valence-electron chi connectivity index (χ4n) is 2.73. The van der Waals surface area contributed by atoms with Gasteiger partial charge in [-0.3, -0.25) is 9.59 Å². The Morgan fingerprint density at radius 3 is 2.66 bits per heavy atom. The van der Waals surface area contributed by atoms with E-state index in [1.807, 2.05) is 31.2 Å². The molecule has 0 atom stereocenters. The third kappa shape index (κ3) is 6.66. The molecule has 0 aliphatic heterocycles. The number of benzene rings is 2. The lowest BCUT2D eigenvalue weighted by molar-refractivity contribution is -0.118. The van der Waals surface area contributed by atoms with E-state index in [1.165, 1.54) is 52.3 Å². The van der Waals surface area contributed by atoms with Crippen LogP contribution in [0.4, 0.5) is 20.9 Å². The van der Waals surface area contributed by atoms with E-state index in [-0.39, 0.29) is 24.6 Å². The number of hydrogen-bond acceptors (Lipinski definition) is 8. The Hall–Kier alpha value is -3.18. The van der Waals surface area contributed by atoms with Gasteiger partial charge in [0, 0.05) is 18.7 Å². The number of hydrogen-bond donors (Lipinski definition) is 2. The molecule has 1 heterocycles. The maximum absolute atomic E-state index is 13.3. The first-order chi connectivity index (χ1) is 15.5. The normalized spacial score (nSPS) is 10.6. The number of anilines is 3. The average molecular weight is 476 g/mol. The van der Waals surface area contributed by atoms with Crippen molar-refractivity contribution in [3.05, 3.63) is 54.3 Å². The zero-order valence-corrected chi connectivity index (χ0v) is 18.9. The Morgan fingerprint density at radius 2 is 1.94 bits per heavy atom. The molecular weight excluding hydrogens is 453 g/mol. The summed E-state index contributed by atoms with van der Waals surface area (Å²) in [5.74, 6) is -0.413. The van der Waals surface area contributed by atoms with Gasteiger partial charge in [0.15, 0.2) is 4.34 Å². The zero-order chi connectivity index (χ0) is 22.9. The van der Waals surface area contributed by atoms with E-state index in [1.54, 1.807) is 0 Å². The van der Waals surface area contributed by atoms with E-state index in [0.29, 0.717) is 27.5 Å². The smallest absolute Gasteiger partial charge is 0.237 e. The van der Waals surface area contributed by atoms with E-state index in [2.05, 4.69) is 15.5 Å². The number of primary amides is 1. The number of para-hydroxylation sites is 2. The first kappa shape index (κ1) is 23.5. The number of ether oxygens (including phenoxy) is 1. The van der Waals surface area contributed by atoms with Crippen molar-refractivity contribution >= 4 is 51.4 Å². The van der Waals surface area contributed by atoms with E-state index in [0.717, 1.165) is 5.69 Å². The minimum absolute atomic E-state index is 0.000100. The largest absolute Gasteiger partial charge is 0.492 e. The van der Waals surface area contributed by atoms with Gasteiger partial charge >= 0.3 is 0 Å². The van der Waals surface area contributed by atoms with Crippen LogP contribution >= 0.6 is 23.1 Å². The number of carbonyl (C=O) groups is 2. The number of carbonyl (C=O) groups excluding carboxylic acids is 2. The van der Waals surface area contributed by atoms with Crippen LogP contribution in [0.2, 0.25) is 0 Å². The lowest BCUT2D eigenvalue weighted by Crippen LogP contribution is -2.35. The molecule has 0 aliphatic carbocycles. The van der Waals surface area contributed by atoms with Gasteiger partial charge in [0.1, 0.15) is 11.6 Å². The van der Waals surface area contributed by atoms with Crippen molar-refractivity contribution in [1.82, 2.24) is 10.2 Å². The summed E-state index contributed by atoms with van der Waals surface area (Å²) in [5, 5.41) is 12.0. The van der Waals surface area contributed by atoms with Gasteiger partial charge in [-0.15, -0.1) is 10.2 Å². The highest BCUT2D eigenvalue weighted by molar-refractivity contribution is 8.01. The standard InChI is InChI=1S/C21H22FN5O3S2/c1-2-30-17-6-4-3-5-16(17)24-20-25-26-21(32-20)31-13-19(29)27(12-11-18(23)28)15-9-7-14(22)8-10-15/h3-10H,2,11-13H2,1H3,(H2,23,28)(H,24,25). The maximum atomic E-state index is 13.3. The Bertz CT molecular complexity index is 1060. The predicted octanol–water partition coefficient (Wildman–Crippen LogP) is 3.82. The predicted molar refractivity (Wildman–Crippen MR) is 124 cm³/mol. The van der Waals surface area contributed by atoms with Gasteiger partial charge < -0.3 is 20.7 Å². The Labute approximate surface area is 193 Å². The number of thioether (sulfide) groups is 1. The van der Waals surface area contributed by atoms with E-state index >= 15 is 0 Å². The highest BCUT2D eigenvalue weighted by Gasteiger charge is 2.18. The molecule has 11 heteroatoms. The summed E-state index contributed by atoms with van der Waals surface area (Å²) in [5.41, 5.74) is 6.49. The van der Waals surface area contributed by atoms with Crippen LogP contribution in [-0.2, 0) is 9.59 Å². The second-order valence-corrected chi connectivity index (χ2v) is 8.65. The van der Waals surface area contributed by atoms with E-state index < -0.39 is 11.7 Å². The number of halogens is 1. The first-order valence-corrected chi connectivity index (χ1v) is 11.6. The van der Waals surface area contributed by atoms with Crippen molar-refractivity contribution in [1.29, 1.82) is 0 Å². The van der Waals surface area contributed by atoms with Crippen LogP contribution < -0.4 is 20.7 Å². The van der Waals surface area contributed by atoms with Gasteiger partial charge in [0.2, 0.25) is 16.9 Å². The van der Waals surface area contributed by atoms with Crippen molar-refractivity contribution in [3.63, 3.8) is 0 Å². The number of nitrogens with one attached hydrogen (secondary N) is 1. The second-order valence-electron chi connectivity index (χ2n) is 6.45. The van der Waals surface area contributed by atoms with Crippen LogP contribution in [0.15, 0.2) is 52.9 Å². The van der Waals surface area contributed by atoms with Crippen molar-refractivity contribution in [2.75, 3.05) is 29.1 Å². The monoisotopic (exact) mass is 475 g/mol. The number of rotatable bonds is 11. The first-order valence-electron chi connectivity index (χ1n) is 9.75. The molecule has 0 unspecified atom stereocenters. The fraction of sp³-hybridized carbons (Fsp3) is 0.238. The highest BCUT2D eigenvalue weighted by atomic mass is 32.2. The quantitative estimate of drug-likeness (QED) is 0.406. The van der Waals surface area contributed by atoms with Gasteiger partial charge in [-0.1, -0.05) is 35.2 Å². The molecule has 2 amide bonds. The number of nitrogens with two attached hydrogens (primary N) is 1. The summed E-state index contributed by atoms with van der Waals surface area (Å²) < 4.78 is 19.4. The summed E-state index contributed by atoms with van der Waals surface area (Å²) in [6, 6.07) is 13.0. The molecule has 3 N–H and O–H groups in total. The third-order valence-corrected chi connectivity index (χ3v) is 6.13. The van der Waals surface area contributed by atoms with Crippen LogP contribution in [0, 0.1) is 5.82 Å². The Balaban J connectivity index is 1.63. The molecule has 32 heavy (non-hydrogen) atoms. The molecule has 168 valence electrons. The molecule has 8 nitrogen and oxygen atoms in total. The van der Waals surface area contributed by atoms with Crippen LogP contribution in [0.25, 0.3) is 0 Å². The number of amides is 2. The summed E-state index contributed by atoms with van der Waals surface area (Å²) >= 11 is 2.53. The van der Waals surface area contributed by atoms with Crippen molar-refractivity contribution in [2.24, 2.45) is 5.73 Å². The summed E-state index contributed by atoms with van der Waals surface area (Å²) in [6.45, 7) is 2.56. The SMILES string of the molecule is CCOc1ccccc1Nc1nnc(SCC(=O)N(CCC(N)=O)c2ccc(F)cc2)s1. The van der Waals surface area contributed by atoms with Crippen LogP contribution in [-0.4, -0.2) is 40.9 Å². The molecule has 1 aromatic heterocycles. The second kappa shape index (κ2) is 11.4. The highest BCUT2D eigenvalue weighted by Crippen LogP contribution is 2.32. The average Bonchev–Trinajstić information content (AvgIpc) is 3.22. The molecular formula is C21H22FN5O3S2. The molecule has 0 saturated heterocycles. The molecule has 3 rings (SSSR count). The van der Waals surface area contributed by atoms with Gasteiger partial charge in [-0.05, 0) is 43.3 Å². The fourth-order valence-corrected chi connectivity index (χ4v) is 4.37. The summed E-state index contributed by atoms with van der Waals surface area (Å²) in [4.78, 5) is 25.4. The summed E-state index contributed by atoms with van der Waals surface area (Å²) in [7, 11) is 0. The zero-order valence-electron chi connectivity index (χ0n) is 17.3. The summed E-state index contributed by atoms with van der Waals surface area (Å²) in [6.07, 6.45) is -0.000100. The third-order valence-electron chi connectivity index (χ3n) is 4.18. The molecule has 0 bridgehead atoms. The topological polar surface area (TPSA) is 110 Å².